The van der Waals surface area contributed by atoms with Crippen molar-refractivity contribution in [3.05, 3.63) is 12.7 Å². The Labute approximate surface area is 117 Å². The summed E-state index contributed by atoms with van der Waals surface area (Å²) < 4.78 is 5.47. The molecule has 0 amide bonds. The van der Waals surface area contributed by atoms with Crippen LogP contribution in [0.25, 0.3) is 0 Å². The third-order valence-electron chi connectivity index (χ3n) is 5.06. The lowest BCUT2D eigenvalue weighted by atomic mass is 9.71. The van der Waals surface area contributed by atoms with E-state index in [1.807, 2.05) is 0 Å². The largest absolute Gasteiger partial charge is 0.462 e. The second kappa shape index (κ2) is 7.12. The van der Waals surface area contributed by atoms with Crippen LogP contribution >= 0.6 is 0 Å². The maximum absolute atomic E-state index is 11.4. The molecule has 2 fully saturated rings. The van der Waals surface area contributed by atoms with Gasteiger partial charge in [0.05, 0.1) is 6.42 Å². The van der Waals surface area contributed by atoms with Crippen LogP contribution in [-0.4, -0.2) is 12.1 Å². The van der Waals surface area contributed by atoms with Crippen LogP contribution in [0, 0.1) is 17.8 Å². The molecular formula is C17H28O2. The number of ether oxygens (including phenoxy) is 1. The van der Waals surface area contributed by atoms with Crippen molar-refractivity contribution >= 4 is 5.97 Å². The molecule has 0 unspecified atom stereocenters. The molecule has 0 N–H and O–H groups in total. The standard InChI is InChI=1S/C17H28O2/c1-3-4-17(18)19-16-11-9-15(10-12-16)14-7-5-13(2)6-8-14/h3,13-16H,1,4-12H2,2H3/t13-,14-,15?,16?. The molecule has 19 heavy (non-hydrogen) atoms. The minimum Gasteiger partial charge on any atom is -0.462 e. The maximum Gasteiger partial charge on any atom is 0.309 e. The monoisotopic (exact) mass is 264 g/mol. The van der Waals surface area contributed by atoms with Gasteiger partial charge >= 0.3 is 5.97 Å². The SMILES string of the molecule is C=CCC(=O)OC1CCC([C@H]2CC[C@H](C)CC2)CC1. The molecule has 2 heteroatoms. The summed E-state index contributed by atoms with van der Waals surface area (Å²) >= 11 is 0. The van der Waals surface area contributed by atoms with Gasteiger partial charge in [-0.05, 0) is 56.3 Å². The topological polar surface area (TPSA) is 26.3 Å². The zero-order valence-corrected chi connectivity index (χ0v) is 12.3. The van der Waals surface area contributed by atoms with Gasteiger partial charge in [0.15, 0.2) is 0 Å². The van der Waals surface area contributed by atoms with Crippen molar-refractivity contribution in [1.82, 2.24) is 0 Å². The molecule has 0 aromatic rings. The predicted octanol–water partition coefficient (Wildman–Crippen LogP) is 4.49. The van der Waals surface area contributed by atoms with Gasteiger partial charge in [-0.2, -0.15) is 0 Å². The van der Waals surface area contributed by atoms with Crippen molar-refractivity contribution in [2.75, 3.05) is 0 Å². The first-order valence-corrected chi connectivity index (χ1v) is 7.99. The fraction of sp³-hybridized carbons (Fsp3) is 0.824. The third kappa shape index (κ3) is 4.36. The molecule has 0 spiro atoms. The van der Waals surface area contributed by atoms with E-state index in [4.69, 9.17) is 4.74 Å². The van der Waals surface area contributed by atoms with E-state index in [0.29, 0.717) is 6.42 Å². The normalized spacial score (nSPS) is 35.6. The van der Waals surface area contributed by atoms with Gasteiger partial charge in [0, 0.05) is 0 Å². The molecule has 0 heterocycles. The van der Waals surface area contributed by atoms with E-state index in [9.17, 15) is 4.79 Å². The summed E-state index contributed by atoms with van der Waals surface area (Å²) in [5.41, 5.74) is 0. The smallest absolute Gasteiger partial charge is 0.309 e. The highest BCUT2D eigenvalue weighted by Crippen LogP contribution is 2.40. The lowest BCUT2D eigenvalue weighted by Crippen LogP contribution is -2.29. The van der Waals surface area contributed by atoms with E-state index >= 15 is 0 Å². The summed E-state index contributed by atoms with van der Waals surface area (Å²) in [4.78, 5) is 11.4. The molecule has 0 atom stereocenters. The Kier molecular flexibility index (Phi) is 5.47. The summed E-state index contributed by atoms with van der Waals surface area (Å²) in [7, 11) is 0. The van der Waals surface area contributed by atoms with E-state index in [-0.39, 0.29) is 12.1 Å². The molecule has 2 rings (SSSR count). The maximum atomic E-state index is 11.4. The van der Waals surface area contributed by atoms with Gasteiger partial charge in [0.1, 0.15) is 6.10 Å². The van der Waals surface area contributed by atoms with Crippen molar-refractivity contribution in [3.63, 3.8) is 0 Å². The first kappa shape index (κ1) is 14.6. The molecule has 2 aliphatic rings. The van der Waals surface area contributed by atoms with Crippen LogP contribution in [0.2, 0.25) is 0 Å². The van der Waals surface area contributed by atoms with E-state index in [0.717, 1.165) is 30.6 Å². The van der Waals surface area contributed by atoms with Crippen molar-refractivity contribution in [2.45, 2.75) is 70.8 Å². The van der Waals surface area contributed by atoms with Gasteiger partial charge in [-0.25, -0.2) is 0 Å². The van der Waals surface area contributed by atoms with Crippen LogP contribution < -0.4 is 0 Å². The van der Waals surface area contributed by atoms with Crippen molar-refractivity contribution < 1.29 is 9.53 Å². The summed E-state index contributed by atoms with van der Waals surface area (Å²) in [6.45, 7) is 5.95. The van der Waals surface area contributed by atoms with Crippen molar-refractivity contribution in [1.29, 1.82) is 0 Å². The lowest BCUT2D eigenvalue weighted by Gasteiger charge is -2.37. The van der Waals surface area contributed by atoms with Gasteiger partial charge in [-0.1, -0.05) is 25.8 Å². The summed E-state index contributed by atoms with van der Waals surface area (Å²) in [6.07, 6.45) is 12.5. The molecule has 2 nitrogen and oxygen atoms in total. The first-order chi connectivity index (χ1) is 9.19. The Morgan fingerprint density at radius 1 is 1.05 bits per heavy atom. The second-order valence-corrected chi connectivity index (χ2v) is 6.54. The van der Waals surface area contributed by atoms with E-state index < -0.39 is 0 Å². The predicted molar refractivity (Wildman–Crippen MR) is 77.8 cm³/mol. The van der Waals surface area contributed by atoms with Gasteiger partial charge in [-0.15, -0.1) is 6.58 Å². The van der Waals surface area contributed by atoms with Crippen LogP contribution in [0.5, 0.6) is 0 Å². The van der Waals surface area contributed by atoms with Crippen LogP contribution in [0.4, 0.5) is 0 Å². The number of rotatable bonds is 4. The minimum absolute atomic E-state index is 0.107. The van der Waals surface area contributed by atoms with Crippen molar-refractivity contribution in [2.24, 2.45) is 17.8 Å². The van der Waals surface area contributed by atoms with Crippen LogP contribution in [0.3, 0.4) is 0 Å². The zero-order chi connectivity index (χ0) is 13.7. The van der Waals surface area contributed by atoms with Crippen LogP contribution in [0.15, 0.2) is 12.7 Å². The van der Waals surface area contributed by atoms with Gasteiger partial charge < -0.3 is 4.74 Å². The van der Waals surface area contributed by atoms with Gasteiger partial charge in [0.25, 0.3) is 0 Å². The second-order valence-electron chi connectivity index (χ2n) is 6.54. The van der Waals surface area contributed by atoms with E-state index in [1.54, 1.807) is 6.08 Å². The Hall–Kier alpha value is -0.790. The van der Waals surface area contributed by atoms with Gasteiger partial charge in [0.2, 0.25) is 0 Å². The molecule has 0 aliphatic heterocycles. The summed E-state index contributed by atoms with van der Waals surface area (Å²) in [5.74, 6) is 2.67. The number of esters is 1. The van der Waals surface area contributed by atoms with Crippen LogP contribution in [-0.2, 0) is 9.53 Å². The molecule has 0 saturated heterocycles. The molecule has 0 radical (unpaired) electrons. The average molecular weight is 264 g/mol. The summed E-state index contributed by atoms with van der Waals surface area (Å²) in [5, 5.41) is 0. The Bertz CT molecular complexity index is 294. The highest BCUT2D eigenvalue weighted by atomic mass is 16.5. The fourth-order valence-corrected chi connectivity index (χ4v) is 3.79. The summed E-state index contributed by atoms with van der Waals surface area (Å²) in [6, 6.07) is 0. The quantitative estimate of drug-likeness (QED) is 0.552. The molecule has 0 bridgehead atoms. The van der Waals surface area contributed by atoms with Crippen molar-refractivity contribution in [3.8, 4) is 0 Å². The minimum atomic E-state index is -0.107. The number of carbonyl (C=O) groups is 1. The first-order valence-electron chi connectivity index (χ1n) is 7.99. The highest BCUT2D eigenvalue weighted by Gasteiger charge is 2.30. The Morgan fingerprint density at radius 3 is 2.11 bits per heavy atom. The lowest BCUT2D eigenvalue weighted by molar-refractivity contribution is -0.150. The Balaban J connectivity index is 1.70. The van der Waals surface area contributed by atoms with Gasteiger partial charge in [-0.3, -0.25) is 4.79 Å². The number of hydrogen-bond acceptors (Lipinski definition) is 2. The molecule has 0 aromatic heterocycles. The van der Waals surface area contributed by atoms with Crippen LogP contribution in [0.1, 0.15) is 64.7 Å². The highest BCUT2D eigenvalue weighted by molar-refractivity contribution is 5.71. The molecule has 2 aliphatic carbocycles. The fourth-order valence-electron chi connectivity index (χ4n) is 3.79. The van der Waals surface area contributed by atoms with E-state index in [2.05, 4.69) is 13.5 Å². The third-order valence-corrected chi connectivity index (χ3v) is 5.06. The van der Waals surface area contributed by atoms with E-state index in [1.165, 1.54) is 38.5 Å². The molecule has 108 valence electrons. The molecule has 0 aromatic carbocycles. The Morgan fingerprint density at radius 2 is 1.58 bits per heavy atom. The number of carbonyl (C=O) groups excluding carboxylic acids is 1. The molecule has 2 saturated carbocycles. The number of hydrogen-bond donors (Lipinski definition) is 0. The molecular weight excluding hydrogens is 236 g/mol. The zero-order valence-electron chi connectivity index (χ0n) is 12.3. The average Bonchev–Trinajstić information content (AvgIpc) is 2.41.